The summed E-state index contributed by atoms with van der Waals surface area (Å²) >= 11 is 1.71. The van der Waals surface area contributed by atoms with Gasteiger partial charge in [-0.2, -0.15) is 0 Å². The molecule has 20 heavy (non-hydrogen) atoms. The molecule has 1 fully saturated rings. The molecule has 0 spiro atoms. The monoisotopic (exact) mass is 289 g/mol. The highest BCUT2D eigenvalue weighted by Gasteiger charge is 2.32. The molecule has 1 aromatic carbocycles. The Morgan fingerprint density at radius 1 is 1.30 bits per heavy atom. The first-order valence-electron chi connectivity index (χ1n) is 6.47. The summed E-state index contributed by atoms with van der Waals surface area (Å²) in [4.78, 5) is 14.1. The summed E-state index contributed by atoms with van der Waals surface area (Å²) in [5.41, 5.74) is 0. The number of furan rings is 1. The number of benzene rings is 1. The SMILES string of the molecule is O=C(COc1ccccc1)N1CCS[C@@H]1c1ccco1. The van der Waals surface area contributed by atoms with Gasteiger partial charge in [0.25, 0.3) is 5.91 Å². The number of nitrogens with zero attached hydrogens (tertiary/aromatic N) is 1. The van der Waals surface area contributed by atoms with Crippen LogP contribution >= 0.6 is 11.8 Å². The van der Waals surface area contributed by atoms with Crippen LogP contribution in [-0.2, 0) is 4.79 Å². The van der Waals surface area contributed by atoms with Gasteiger partial charge in [-0.05, 0) is 24.3 Å². The highest BCUT2D eigenvalue weighted by atomic mass is 32.2. The summed E-state index contributed by atoms with van der Waals surface area (Å²) in [7, 11) is 0. The summed E-state index contributed by atoms with van der Waals surface area (Å²) in [5.74, 6) is 2.44. The van der Waals surface area contributed by atoms with Gasteiger partial charge >= 0.3 is 0 Å². The van der Waals surface area contributed by atoms with Gasteiger partial charge in [0.15, 0.2) is 6.61 Å². The van der Waals surface area contributed by atoms with Gasteiger partial charge in [0.1, 0.15) is 16.9 Å². The molecule has 1 amide bonds. The van der Waals surface area contributed by atoms with Crippen LogP contribution in [0.2, 0.25) is 0 Å². The molecule has 0 radical (unpaired) electrons. The zero-order valence-electron chi connectivity index (χ0n) is 10.9. The molecule has 2 aromatic rings. The Labute approximate surface area is 121 Å². The lowest BCUT2D eigenvalue weighted by Gasteiger charge is -2.22. The molecule has 4 nitrogen and oxygen atoms in total. The first kappa shape index (κ1) is 13.1. The van der Waals surface area contributed by atoms with Crippen LogP contribution in [0.4, 0.5) is 0 Å². The molecular weight excluding hydrogens is 274 g/mol. The van der Waals surface area contributed by atoms with Gasteiger partial charge in [0.05, 0.1) is 6.26 Å². The van der Waals surface area contributed by atoms with E-state index >= 15 is 0 Å². The molecule has 5 heteroatoms. The van der Waals surface area contributed by atoms with Gasteiger partial charge in [-0.3, -0.25) is 4.79 Å². The molecule has 3 rings (SSSR count). The number of hydrogen-bond acceptors (Lipinski definition) is 4. The lowest BCUT2D eigenvalue weighted by Crippen LogP contribution is -2.34. The molecule has 104 valence electrons. The van der Waals surface area contributed by atoms with Crippen molar-refractivity contribution in [2.45, 2.75) is 5.37 Å². The van der Waals surface area contributed by atoms with Crippen LogP contribution in [0.3, 0.4) is 0 Å². The average Bonchev–Trinajstić information content (AvgIpc) is 3.15. The highest BCUT2D eigenvalue weighted by molar-refractivity contribution is 7.99. The normalized spacial score (nSPS) is 18.2. The van der Waals surface area contributed by atoms with Crippen molar-refractivity contribution in [3.63, 3.8) is 0 Å². The van der Waals surface area contributed by atoms with E-state index in [1.165, 1.54) is 0 Å². The Morgan fingerprint density at radius 3 is 2.90 bits per heavy atom. The molecule has 1 aliphatic rings. The van der Waals surface area contributed by atoms with Crippen molar-refractivity contribution in [1.29, 1.82) is 0 Å². The van der Waals surface area contributed by atoms with Crippen molar-refractivity contribution in [3.05, 3.63) is 54.5 Å². The summed E-state index contributed by atoms with van der Waals surface area (Å²) in [5, 5.41) is -0.0307. The maximum absolute atomic E-state index is 12.3. The average molecular weight is 289 g/mol. The maximum atomic E-state index is 12.3. The van der Waals surface area contributed by atoms with Gasteiger partial charge in [-0.25, -0.2) is 0 Å². The summed E-state index contributed by atoms with van der Waals surface area (Å²) in [6.07, 6.45) is 1.64. The smallest absolute Gasteiger partial charge is 0.261 e. The predicted molar refractivity (Wildman–Crippen MR) is 77.6 cm³/mol. The van der Waals surface area contributed by atoms with Gasteiger partial charge in [0, 0.05) is 12.3 Å². The van der Waals surface area contributed by atoms with E-state index in [2.05, 4.69) is 0 Å². The molecule has 0 saturated carbocycles. The molecule has 1 saturated heterocycles. The fourth-order valence-electron chi connectivity index (χ4n) is 2.14. The van der Waals surface area contributed by atoms with Crippen molar-refractivity contribution < 1.29 is 13.9 Å². The number of rotatable bonds is 4. The van der Waals surface area contributed by atoms with E-state index in [4.69, 9.17) is 9.15 Å². The van der Waals surface area contributed by atoms with Crippen LogP contribution in [0.5, 0.6) is 5.75 Å². The largest absolute Gasteiger partial charge is 0.484 e. The van der Waals surface area contributed by atoms with Crippen molar-refractivity contribution >= 4 is 17.7 Å². The Bertz CT molecular complexity index is 556. The van der Waals surface area contributed by atoms with Gasteiger partial charge < -0.3 is 14.1 Å². The molecule has 0 bridgehead atoms. The van der Waals surface area contributed by atoms with E-state index < -0.39 is 0 Å². The van der Waals surface area contributed by atoms with Crippen molar-refractivity contribution in [2.75, 3.05) is 18.9 Å². The van der Waals surface area contributed by atoms with Crippen molar-refractivity contribution in [2.24, 2.45) is 0 Å². The van der Waals surface area contributed by atoms with E-state index in [1.54, 1.807) is 18.0 Å². The van der Waals surface area contributed by atoms with E-state index in [1.807, 2.05) is 47.4 Å². The second-order valence-corrected chi connectivity index (χ2v) is 5.62. The van der Waals surface area contributed by atoms with Crippen LogP contribution in [0.15, 0.2) is 53.1 Å². The van der Waals surface area contributed by atoms with Crippen LogP contribution in [0.25, 0.3) is 0 Å². The van der Waals surface area contributed by atoms with Gasteiger partial charge in [0.2, 0.25) is 0 Å². The topological polar surface area (TPSA) is 42.7 Å². The highest BCUT2D eigenvalue weighted by Crippen LogP contribution is 2.37. The summed E-state index contributed by atoms with van der Waals surface area (Å²) < 4.78 is 10.9. The predicted octanol–water partition coefficient (Wildman–Crippen LogP) is 2.93. The lowest BCUT2D eigenvalue weighted by atomic mass is 10.3. The minimum Gasteiger partial charge on any atom is -0.484 e. The first-order valence-corrected chi connectivity index (χ1v) is 7.52. The summed E-state index contributed by atoms with van der Waals surface area (Å²) in [6, 6.07) is 13.1. The van der Waals surface area contributed by atoms with E-state index in [0.29, 0.717) is 5.75 Å². The standard InChI is InChI=1S/C15H15NO3S/c17-14(11-19-12-5-2-1-3-6-12)16-8-10-20-15(16)13-7-4-9-18-13/h1-7,9,15H,8,10-11H2/t15-/m1/s1. The Kier molecular flexibility index (Phi) is 3.97. The molecule has 1 atom stereocenters. The number of ether oxygens (including phenoxy) is 1. The third-order valence-corrected chi connectivity index (χ3v) is 4.32. The van der Waals surface area contributed by atoms with Gasteiger partial charge in [-0.1, -0.05) is 18.2 Å². The van der Waals surface area contributed by atoms with E-state index in [-0.39, 0.29) is 17.9 Å². The fourth-order valence-corrected chi connectivity index (χ4v) is 3.36. The van der Waals surface area contributed by atoms with Crippen molar-refractivity contribution in [3.8, 4) is 5.75 Å². The summed E-state index contributed by atoms with van der Waals surface area (Å²) in [6.45, 7) is 0.787. The Balaban J connectivity index is 1.62. The molecule has 1 aromatic heterocycles. The van der Waals surface area contributed by atoms with Crippen LogP contribution in [0, 0.1) is 0 Å². The molecule has 1 aliphatic heterocycles. The number of para-hydroxylation sites is 1. The van der Waals surface area contributed by atoms with Crippen LogP contribution in [0.1, 0.15) is 11.1 Å². The molecule has 2 heterocycles. The second-order valence-electron chi connectivity index (χ2n) is 4.43. The Morgan fingerprint density at radius 2 is 2.15 bits per heavy atom. The zero-order chi connectivity index (χ0) is 13.8. The Hall–Kier alpha value is -1.88. The number of hydrogen-bond donors (Lipinski definition) is 0. The number of thioether (sulfide) groups is 1. The third-order valence-electron chi connectivity index (χ3n) is 3.10. The first-order chi connectivity index (χ1) is 9.84. The quantitative estimate of drug-likeness (QED) is 0.868. The van der Waals surface area contributed by atoms with Crippen molar-refractivity contribution in [1.82, 2.24) is 4.90 Å². The number of amides is 1. The number of carbonyl (C=O) groups excluding carboxylic acids is 1. The molecule has 0 unspecified atom stereocenters. The minimum absolute atomic E-state index is 0.0137. The lowest BCUT2D eigenvalue weighted by molar-refractivity contribution is -0.133. The zero-order valence-corrected chi connectivity index (χ0v) is 11.7. The van der Waals surface area contributed by atoms with E-state index in [9.17, 15) is 4.79 Å². The molecular formula is C15H15NO3S. The third kappa shape index (κ3) is 2.82. The number of carbonyl (C=O) groups is 1. The van der Waals surface area contributed by atoms with E-state index in [0.717, 1.165) is 18.1 Å². The molecule has 0 N–H and O–H groups in total. The minimum atomic E-state index is -0.0307. The fraction of sp³-hybridized carbons (Fsp3) is 0.267. The van der Waals surface area contributed by atoms with Crippen LogP contribution in [-0.4, -0.2) is 29.7 Å². The molecule has 0 aliphatic carbocycles. The van der Waals surface area contributed by atoms with Crippen LogP contribution < -0.4 is 4.74 Å². The van der Waals surface area contributed by atoms with Gasteiger partial charge in [-0.15, -0.1) is 11.8 Å². The maximum Gasteiger partial charge on any atom is 0.261 e. The second kappa shape index (κ2) is 6.05.